The highest BCUT2D eigenvalue weighted by Crippen LogP contribution is 2.36. The van der Waals surface area contributed by atoms with Crippen LogP contribution in [0.2, 0.25) is 0 Å². The average molecular weight is 605 g/mol. The summed E-state index contributed by atoms with van der Waals surface area (Å²) in [5.74, 6) is -0.0965. The molecule has 2 aromatic carbocycles. The van der Waals surface area contributed by atoms with Gasteiger partial charge >= 0.3 is 0 Å². The van der Waals surface area contributed by atoms with E-state index >= 15 is 4.39 Å². The normalized spacial score (nSPS) is 20.1. The van der Waals surface area contributed by atoms with E-state index in [0.717, 1.165) is 59.3 Å². The minimum Gasteiger partial charge on any atom is -0.298 e. The van der Waals surface area contributed by atoms with Crippen LogP contribution in [0.3, 0.4) is 0 Å². The molecule has 5 rings (SSSR count). The first-order chi connectivity index (χ1) is 20.4. The Morgan fingerprint density at radius 2 is 1.77 bits per heavy atom. The van der Waals surface area contributed by atoms with Crippen LogP contribution in [0, 0.1) is 12.7 Å². The Morgan fingerprint density at radius 1 is 1.09 bits per heavy atom. The molecule has 0 N–H and O–H groups in total. The van der Waals surface area contributed by atoms with Crippen molar-refractivity contribution in [1.82, 2.24) is 19.8 Å². The molecule has 3 atom stereocenters. The summed E-state index contributed by atoms with van der Waals surface area (Å²) in [6.45, 7) is 10.3. The van der Waals surface area contributed by atoms with Crippen molar-refractivity contribution in [3.63, 3.8) is 0 Å². The molecule has 1 aliphatic carbocycles. The molecule has 7 nitrogen and oxygen atoms in total. The predicted molar refractivity (Wildman–Crippen MR) is 167 cm³/mol. The number of aromatic nitrogens is 2. The SMILES string of the molecule is CC[C@H](C(=O)Cc1cccc2c1CC=C2c1nc(Cc2cccc(S(C)(=O)=O)c2F)ncc1C)N1C[C@H](C)N(C)[C@@H](C)C1. The zero-order valence-electron chi connectivity index (χ0n) is 25.9. The number of ketones is 1. The van der Waals surface area contributed by atoms with Crippen molar-refractivity contribution in [2.75, 3.05) is 26.4 Å². The van der Waals surface area contributed by atoms with Gasteiger partial charge in [0.15, 0.2) is 15.6 Å². The van der Waals surface area contributed by atoms with Crippen molar-refractivity contribution in [2.45, 2.75) is 76.4 Å². The van der Waals surface area contributed by atoms with Gasteiger partial charge in [-0.15, -0.1) is 0 Å². The molecular formula is C34H41FN4O3S. The Bertz CT molecular complexity index is 1670. The van der Waals surface area contributed by atoms with Gasteiger partial charge in [-0.1, -0.05) is 43.3 Å². The van der Waals surface area contributed by atoms with E-state index < -0.39 is 15.7 Å². The van der Waals surface area contributed by atoms with Gasteiger partial charge in [0.05, 0.1) is 11.7 Å². The number of sulfone groups is 1. The third-order valence-corrected chi connectivity index (χ3v) is 10.2. The van der Waals surface area contributed by atoms with Crippen LogP contribution in [0.25, 0.3) is 5.57 Å². The molecule has 1 saturated heterocycles. The lowest BCUT2D eigenvalue weighted by atomic mass is 9.92. The number of allylic oxidation sites excluding steroid dienone is 1. The summed E-state index contributed by atoms with van der Waals surface area (Å²) >= 11 is 0. The van der Waals surface area contributed by atoms with Crippen molar-refractivity contribution in [3.05, 3.63) is 93.8 Å². The minimum absolute atomic E-state index is 0.0685. The lowest BCUT2D eigenvalue weighted by Gasteiger charge is -2.45. The van der Waals surface area contributed by atoms with E-state index in [1.807, 2.05) is 13.0 Å². The van der Waals surface area contributed by atoms with Gasteiger partial charge in [-0.2, -0.15) is 0 Å². The van der Waals surface area contributed by atoms with Crippen molar-refractivity contribution in [1.29, 1.82) is 0 Å². The summed E-state index contributed by atoms with van der Waals surface area (Å²) < 4.78 is 39.1. The molecule has 1 aliphatic heterocycles. The summed E-state index contributed by atoms with van der Waals surface area (Å²) in [6.07, 6.45) is 6.82. The van der Waals surface area contributed by atoms with Crippen LogP contribution in [-0.2, 0) is 33.9 Å². The summed E-state index contributed by atoms with van der Waals surface area (Å²) in [4.78, 5) is 27.4. The molecule has 0 spiro atoms. The van der Waals surface area contributed by atoms with E-state index in [0.29, 0.717) is 30.7 Å². The largest absolute Gasteiger partial charge is 0.298 e. The number of halogens is 1. The van der Waals surface area contributed by atoms with Crippen LogP contribution in [0.4, 0.5) is 4.39 Å². The fourth-order valence-electron chi connectivity index (χ4n) is 6.51. The van der Waals surface area contributed by atoms with Crippen molar-refractivity contribution in [2.24, 2.45) is 0 Å². The first-order valence-corrected chi connectivity index (χ1v) is 16.9. The highest BCUT2D eigenvalue weighted by atomic mass is 32.2. The molecule has 0 saturated carbocycles. The first-order valence-electron chi connectivity index (χ1n) is 15.0. The second kappa shape index (κ2) is 12.4. The molecule has 0 bridgehead atoms. The Morgan fingerprint density at radius 3 is 2.44 bits per heavy atom. The number of carbonyl (C=O) groups is 1. The standard InChI is InChI=1S/C34H41FN4O3S/c1-7-29(39-19-22(3)38(5)23(4)20-39)30(40)16-24-10-8-12-27-26(24)14-15-28(27)34-21(2)18-36-32(37-34)17-25-11-9-13-31(33(25)35)43(6,41)42/h8-13,15,18,22-23,29H,7,14,16-17,19-20H2,1-6H3/t22-,23-,29+/m0/s1. The zero-order valence-corrected chi connectivity index (χ0v) is 26.7. The molecule has 9 heteroatoms. The molecule has 1 fully saturated rings. The van der Waals surface area contributed by atoms with Crippen LogP contribution in [0.5, 0.6) is 0 Å². The number of rotatable bonds is 9. The quantitative estimate of drug-likeness (QED) is 0.346. The topological polar surface area (TPSA) is 83.5 Å². The predicted octanol–water partition coefficient (Wildman–Crippen LogP) is 4.82. The Kier molecular flexibility index (Phi) is 8.97. The van der Waals surface area contributed by atoms with Gasteiger partial charge in [-0.3, -0.25) is 14.6 Å². The second-order valence-electron chi connectivity index (χ2n) is 12.1. The molecule has 1 aromatic heterocycles. The summed E-state index contributed by atoms with van der Waals surface area (Å²) in [6, 6.07) is 11.2. The Balaban J connectivity index is 1.38. The van der Waals surface area contributed by atoms with Gasteiger partial charge in [-0.25, -0.2) is 22.8 Å². The highest BCUT2D eigenvalue weighted by Gasteiger charge is 2.33. The molecule has 43 heavy (non-hydrogen) atoms. The van der Waals surface area contributed by atoms with Crippen LogP contribution in [0.1, 0.15) is 66.5 Å². The van der Waals surface area contributed by atoms with Gasteiger partial charge in [0.25, 0.3) is 0 Å². The van der Waals surface area contributed by atoms with Crippen LogP contribution >= 0.6 is 0 Å². The maximum atomic E-state index is 15.1. The van der Waals surface area contributed by atoms with Crippen molar-refractivity contribution < 1.29 is 17.6 Å². The molecule has 0 radical (unpaired) electrons. The summed E-state index contributed by atoms with van der Waals surface area (Å²) in [5, 5.41) is 0. The lowest BCUT2D eigenvalue weighted by molar-refractivity contribution is -0.125. The molecule has 0 amide bonds. The average Bonchev–Trinajstić information content (AvgIpc) is 3.38. The fourth-order valence-corrected chi connectivity index (χ4v) is 7.30. The second-order valence-corrected chi connectivity index (χ2v) is 14.1. The number of Topliss-reactive ketones (excluding diaryl/α,β-unsaturated/α-hetero) is 1. The van der Waals surface area contributed by atoms with Crippen molar-refractivity contribution in [3.8, 4) is 0 Å². The number of benzene rings is 2. The number of aryl methyl sites for hydroxylation is 1. The number of carbonyl (C=O) groups excluding carboxylic acids is 1. The van der Waals surface area contributed by atoms with Crippen LogP contribution < -0.4 is 0 Å². The Labute approximate surface area is 254 Å². The van der Waals surface area contributed by atoms with E-state index in [9.17, 15) is 13.2 Å². The number of likely N-dealkylation sites (N-methyl/N-ethyl adjacent to an activating group) is 1. The maximum Gasteiger partial charge on any atom is 0.178 e. The summed E-state index contributed by atoms with van der Waals surface area (Å²) in [7, 11) is -1.54. The van der Waals surface area contributed by atoms with Gasteiger partial charge in [0, 0.05) is 56.0 Å². The summed E-state index contributed by atoms with van der Waals surface area (Å²) in [5.41, 5.74) is 6.11. The molecule has 3 aromatic rings. The molecular weight excluding hydrogens is 563 g/mol. The molecule has 228 valence electrons. The number of hydrogen-bond donors (Lipinski definition) is 0. The van der Waals surface area contributed by atoms with E-state index in [1.54, 1.807) is 12.3 Å². The van der Waals surface area contributed by atoms with Gasteiger partial charge in [-0.05, 0) is 74.5 Å². The smallest absolute Gasteiger partial charge is 0.178 e. The fraction of sp³-hybridized carbons (Fsp3) is 0.441. The maximum absolute atomic E-state index is 15.1. The number of nitrogens with zero attached hydrogens (tertiary/aromatic N) is 4. The van der Waals surface area contributed by atoms with E-state index in [-0.39, 0.29) is 28.7 Å². The van der Waals surface area contributed by atoms with E-state index in [4.69, 9.17) is 4.98 Å². The van der Waals surface area contributed by atoms with E-state index in [1.165, 1.54) is 12.1 Å². The minimum atomic E-state index is -3.70. The number of fused-ring (bicyclic) bond motifs is 1. The van der Waals surface area contributed by atoms with Gasteiger partial charge in [0.1, 0.15) is 16.5 Å². The Hall–Kier alpha value is -3.27. The van der Waals surface area contributed by atoms with Gasteiger partial charge in [0.2, 0.25) is 0 Å². The first kappa shape index (κ1) is 31.2. The van der Waals surface area contributed by atoms with E-state index in [2.05, 4.69) is 60.8 Å². The van der Waals surface area contributed by atoms with Crippen LogP contribution in [0.15, 0.2) is 53.6 Å². The third kappa shape index (κ3) is 6.35. The molecule has 0 unspecified atom stereocenters. The lowest BCUT2D eigenvalue weighted by Crippen LogP contribution is -2.59. The third-order valence-electron chi connectivity index (χ3n) is 9.09. The van der Waals surface area contributed by atoms with Gasteiger partial charge < -0.3 is 0 Å². The van der Waals surface area contributed by atoms with Crippen LogP contribution in [-0.4, -0.2) is 78.5 Å². The number of piperazine rings is 1. The van der Waals surface area contributed by atoms with Crippen molar-refractivity contribution >= 4 is 21.2 Å². The molecule has 2 aliphatic rings. The molecule has 2 heterocycles. The monoisotopic (exact) mass is 604 g/mol. The number of hydrogen-bond acceptors (Lipinski definition) is 7. The highest BCUT2D eigenvalue weighted by molar-refractivity contribution is 7.90. The zero-order chi connectivity index (χ0) is 31.1.